The zero-order valence-corrected chi connectivity index (χ0v) is 10.3. The fourth-order valence-corrected chi connectivity index (χ4v) is 2.55. The van der Waals surface area contributed by atoms with E-state index in [4.69, 9.17) is 4.74 Å². The van der Waals surface area contributed by atoms with Gasteiger partial charge in [-0.1, -0.05) is 28.1 Å². The molecule has 1 saturated carbocycles. The van der Waals surface area contributed by atoms with Crippen molar-refractivity contribution in [3.63, 3.8) is 0 Å². The molecule has 0 unspecified atom stereocenters. The fourth-order valence-electron chi connectivity index (χ4n) is 1.79. The van der Waals surface area contributed by atoms with E-state index in [-0.39, 0.29) is 5.82 Å². The van der Waals surface area contributed by atoms with Gasteiger partial charge in [0, 0.05) is 5.33 Å². The summed E-state index contributed by atoms with van der Waals surface area (Å²) in [5, 5.41) is 0.955. The lowest BCUT2D eigenvalue weighted by molar-refractivity contribution is 0.382. The van der Waals surface area contributed by atoms with Gasteiger partial charge in [-0.05, 0) is 36.3 Å². The second kappa shape index (κ2) is 4.12. The molecule has 1 aliphatic carbocycles. The summed E-state index contributed by atoms with van der Waals surface area (Å²) >= 11 is 3.50. The molecule has 1 aromatic carbocycles. The first kappa shape index (κ1) is 10.9. The van der Waals surface area contributed by atoms with E-state index < -0.39 is 0 Å². The van der Waals surface area contributed by atoms with Crippen molar-refractivity contribution in [1.29, 1.82) is 0 Å². The number of rotatable bonds is 4. The zero-order valence-electron chi connectivity index (χ0n) is 8.72. The molecule has 1 aliphatic rings. The molecule has 0 bridgehead atoms. The molecule has 2 rings (SSSR count). The van der Waals surface area contributed by atoms with E-state index in [2.05, 4.69) is 15.9 Å². The molecule has 0 spiro atoms. The summed E-state index contributed by atoms with van der Waals surface area (Å²) < 4.78 is 18.8. The van der Waals surface area contributed by atoms with Gasteiger partial charge in [-0.15, -0.1) is 0 Å². The SMILES string of the molecule is COc1cccc(CC2(CBr)CC2)c1F. The Morgan fingerprint density at radius 3 is 2.73 bits per heavy atom. The Labute approximate surface area is 97.8 Å². The van der Waals surface area contributed by atoms with Crippen LogP contribution in [0.4, 0.5) is 4.39 Å². The number of halogens is 2. The van der Waals surface area contributed by atoms with Gasteiger partial charge in [0.15, 0.2) is 11.6 Å². The summed E-state index contributed by atoms with van der Waals surface area (Å²) in [7, 11) is 1.50. The van der Waals surface area contributed by atoms with Crippen LogP contribution in [0.25, 0.3) is 0 Å². The lowest BCUT2D eigenvalue weighted by Crippen LogP contribution is -2.08. The molecule has 15 heavy (non-hydrogen) atoms. The lowest BCUT2D eigenvalue weighted by Gasteiger charge is -2.13. The van der Waals surface area contributed by atoms with Gasteiger partial charge in [0.1, 0.15) is 0 Å². The number of ether oxygens (including phenoxy) is 1. The number of alkyl halides is 1. The molecule has 0 aliphatic heterocycles. The van der Waals surface area contributed by atoms with Crippen LogP contribution in [0, 0.1) is 11.2 Å². The highest BCUT2D eigenvalue weighted by Crippen LogP contribution is 2.50. The van der Waals surface area contributed by atoms with E-state index >= 15 is 0 Å². The summed E-state index contributed by atoms with van der Waals surface area (Å²) in [6.45, 7) is 0. The van der Waals surface area contributed by atoms with Crippen LogP contribution in [-0.2, 0) is 6.42 Å². The van der Waals surface area contributed by atoms with Crippen LogP contribution in [0.5, 0.6) is 5.75 Å². The van der Waals surface area contributed by atoms with E-state index in [0.29, 0.717) is 11.2 Å². The van der Waals surface area contributed by atoms with Crippen molar-refractivity contribution in [2.45, 2.75) is 19.3 Å². The molecular weight excluding hydrogens is 259 g/mol. The number of hydrogen-bond donors (Lipinski definition) is 0. The monoisotopic (exact) mass is 272 g/mol. The van der Waals surface area contributed by atoms with E-state index in [1.165, 1.54) is 20.0 Å². The fraction of sp³-hybridized carbons (Fsp3) is 0.500. The van der Waals surface area contributed by atoms with Gasteiger partial charge >= 0.3 is 0 Å². The summed E-state index contributed by atoms with van der Waals surface area (Å²) in [6.07, 6.45) is 3.19. The van der Waals surface area contributed by atoms with Crippen molar-refractivity contribution in [2.24, 2.45) is 5.41 Å². The molecule has 0 radical (unpaired) electrons. The third-order valence-corrected chi connectivity index (χ3v) is 4.26. The molecule has 82 valence electrons. The van der Waals surface area contributed by atoms with Gasteiger partial charge < -0.3 is 4.74 Å². The molecule has 1 fully saturated rings. The predicted molar refractivity (Wildman–Crippen MR) is 62.1 cm³/mol. The summed E-state index contributed by atoms with van der Waals surface area (Å²) in [6, 6.07) is 5.36. The number of methoxy groups -OCH3 is 1. The predicted octanol–water partition coefficient (Wildman–Crippen LogP) is 3.55. The van der Waals surface area contributed by atoms with Crippen LogP contribution in [0.2, 0.25) is 0 Å². The summed E-state index contributed by atoms with van der Waals surface area (Å²) in [5.41, 5.74) is 1.07. The van der Waals surface area contributed by atoms with Gasteiger partial charge in [0.25, 0.3) is 0 Å². The Balaban J connectivity index is 2.21. The Morgan fingerprint density at radius 2 is 2.20 bits per heavy atom. The minimum Gasteiger partial charge on any atom is -0.494 e. The van der Waals surface area contributed by atoms with Gasteiger partial charge in [0.2, 0.25) is 0 Å². The van der Waals surface area contributed by atoms with Gasteiger partial charge in [-0.3, -0.25) is 0 Å². The molecule has 0 atom stereocenters. The summed E-state index contributed by atoms with van der Waals surface area (Å²) in [5.74, 6) is 0.144. The van der Waals surface area contributed by atoms with Crippen LogP contribution in [0.15, 0.2) is 18.2 Å². The van der Waals surface area contributed by atoms with Crippen LogP contribution < -0.4 is 4.74 Å². The second-order valence-corrected chi connectivity index (χ2v) is 4.80. The van der Waals surface area contributed by atoms with E-state index in [1.807, 2.05) is 12.1 Å². The highest BCUT2D eigenvalue weighted by atomic mass is 79.9. The summed E-state index contributed by atoms with van der Waals surface area (Å²) in [4.78, 5) is 0. The molecule has 0 amide bonds. The molecule has 1 nitrogen and oxygen atoms in total. The van der Waals surface area contributed by atoms with Crippen molar-refractivity contribution >= 4 is 15.9 Å². The topological polar surface area (TPSA) is 9.23 Å². The minimum atomic E-state index is -0.202. The molecule has 0 aromatic heterocycles. The smallest absolute Gasteiger partial charge is 0.168 e. The normalized spacial score (nSPS) is 17.5. The van der Waals surface area contributed by atoms with Gasteiger partial charge in [-0.2, -0.15) is 0 Å². The minimum absolute atomic E-state index is 0.202. The highest BCUT2D eigenvalue weighted by molar-refractivity contribution is 9.09. The van der Waals surface area contributed by atoms with Crippen molar-refractivity contribution in [2.75, 3.05) is 12.4 Å². The molecule has 1 aromatic rings. The third-order valence-electron chi connectivity index (χ3n) is 3.07. The average molecular weight is 273 g/mol. The molecule has 3 heteroatoms. The Kier molecular flexibility index (Phi) is 3.01. The lowest BCUT2D eigenvalue weighted by atomic mass is 9.98. The highest BCUT2D eigenvalue weighted by Gasteiger charge is 2.41. The second-order valence-electron chi connectivity index (χ2n) is 4.24. The zero-order chi connectivity index (χ0) is 10.9. The van der Waals surface area contributed by atoms with Crippen molar-refractivity contribution < 1.29 is 9.13 Å². The number of benzene rings is 1. The van der Waals surface area contributed by atoms with E-state index in [0.717, 1.165) is 17.3 Å². The third kappa shape index (κ3) is 2.17. The Morgan fingerprint density at radius 1 is 1.47 bits per heavy atom. The molecule has 0 saturated heterocycles. The maximum Gasteiger partial charge on any atom is 0.168 e. The maximum absolute atomic E-state index is 13.8. The maximum atomic E-state index is 13.8. The molecule has 0 N–H and O–H groups in total. The average Bonchev–Trinajstić information content (AvgIpc) is 3.02. The van der Waals surface area contributed by atoms with E-state index in [9.17, 15) is 4.39 Å². The standard InChI is InChI=1S/C12H14BrFO/c1-15-10-4-2-3-9(11(10)14)7-12(8-13)5-6-12/h2-4H,5-8H2,1H3. The van der Waals surface area contributed by atoms with Crippen molar-refractivity contribution in [3.05, 3.63) is 29.6 Å². The largest absolute Gasteiger partial charge is 0.494 e. The molecule has 0 heterocycles. The number of hydrogen-bond acceptors (Lipinski definition) is 1. The first-order valence-corrected chi connectivity index (χ1v) is 6.20. The van der Waals surface area contributed by atoms with Crippen LogP contribution in [-0.4, -0.2) is 12.4 Å². The van der Waals surface area contributed by atoms with Crippen molar-refractivity contribution in [1.82, 2.24) is 0 Å². The molecular formula is C12H14BrFO. The van der Waals surface area contributed by atoms with Crippen LogP contribution in [0.3, 0.4) is 0 Å². The Hall–Kier alpha value is -0.570. The van der Waals surface area contributed by atoms with Crippen LogP contribution in [0.1, 0.15) is 18.4 Å². The first-order chi connectivity index (χ1) is 7.21. The van der Waals surface area contributed by atoms with Crippen LogP contribution >= 0.6 is 15.9 Å². The van der Waals surface area contributed by atoms with Gasteiger partial charge in [0.05, 0.1) is 7.11 Å². The Bertz CT molecular complexity index is 361. The van der Waals surface area contributed by atoms with Gasteiger partial charge in [-0.25, -0.2) is 4.39 Å². The van der Waals surface area contributed by atoms with Crippen molar-refractivity contribution in [3.8, 4) is 5.75 Å². The quantitative estimate of drug-likeness (QED) is 0.762. The van der Waals surface area contributed by atoms with E-state index in [1.54, 1.807) is 6.07 Å². The first-order valence-electron chi connectivity index (χ1n) is 5.08.